The predicted molar refractivity (Wildman–Crippen MR) is 207 cm³/mol. The zero-order valence-electron chi connectivity index (χ0n) is 27.4. The van der Waals surface area contributed by atoms with Crippen LogP contribution < -0.4 is 0 Å². The van der Waals surface area contributed by atoms with Crippen LogP contribution in [-0.2, 0) is 0 Å². The molecule has 5 aromatic carbocycles. The third kappa shape index (κ3) is 5.11. The zero-order chi connectivity index (χ0) is 33.7. The number of hydrogen-bond donors (Lipinski definition) is 0. The fourth-order valence-electron chi connectivity index (χ4n) is 6.97. The minimum Gasteiger partial charge on any atom is -0.455 e. The lowest BCUT2D eigenvalue weighted by molar-refractivity contribution is 0.670. The van der Waals surface area contributed by atoms with Crippen molar-refractivity contribution in [1.82, 2.24) is 19.9 Å². The van der Waals surface area contributed by atoms with Crippen molar-refractivity contribution in [1.29, 1.82) is 0 Å². The summed E-state index contributed by atoms with van der Waals surface area (Å²) >= 11 is 0. The Balaban J connectivity index is 0.995. The summed E-state index contributed by atoms with van der Waals surface area (Å²) in [5.74, 6) is 0. The number of para-hydroxylation sites is 2. The molecule has 0 saturated carbocycles. The van der Waals surface area contributed by atoms with Crippen LogP contribution in [0.5, 0.6) is 0 Å². The molecule has 5 aromatic heterocycles. The Labute approximate surface area is 293 Å². The number of benzene rings is 5. The maximum atomic E-state index is 6.36. The topological polar surface area (TPSA) is 64.7 Å². The Morgan fingerprint density at radius 3 is 1.78 bits per heavy atom. The highest BCUT2D eigenvalue weighted by Crippen LogP contribution is 2.37. The molecule has 0 aliphatic rings. The molecule has 5 heterocycles. The van der Waals surface area contributed by atoms with Crippen molar-refractivity contribution < 1.29 is 4.42 Å². The molecule has 0 N–H and O–H groups in total. The minimum absolute atomic E-state index is 0.855. The smallest absolute Gasteiger partial charge is 0.143 e. The summed E-state index contributed by atoms with van der Waals surface area (Å²) in [6.07, 6.45) is 3.68. The van der Waals surface area contributed by atoms with Gasteiger partial charge in [0.15, 0.2) is 0 Å². The second kappa shape index (κ2) is 11.9. The number of furan rings is 1. The van der Waals surface area contributed by atoms with E-state index in [4.69, 9.17) is 14.4 Å². The normalized spacial score (nSPS) is 11.5. The van der Waals surface area contributed by atoms with Crippen LogP contribution in [0.1, 0.15) is 0 Å². The maximum absolute atomic E-state index is 6.36. The predicted octanol–water partition coefficient (Wildman–Crippen LogP) is 11.8. The molecule has 10 rings (SSSR count). The van der Waals surface area contributed by atoms with Gasteiger partial charge in [0.1, 0.15) is 11.2 Å². The number of fused-ring (bicyclic) bond motifs is 6. The summed E-state index contributed by atoms with van der Waals surface area (Å²) in [6.45, 7) is 0. The van der Waals surface area contributed by atoms with Gasteiger partial charge in [0.2, 0.25) is 0 Å². The van der Waals surface area contributed by atoms with Gasteiger partial charge in [-0.3, -0.25) is 9.97 Å². The van der Waals surface area contributed by atoms with Crippen LogP contribution in [0.15, 0.2) is 175 Å². The average molecular weight is 653 g/mol. The van der Waals surface area contributed by atoms with Crippen molar-refractivity contribution in [3.63, 3.8) is 0 Å². The van der Waals surface area contributed by atoms with Gasteiger partial charge in [-0.2, -0.15) is 0 Å². The Bertz CT molecular complexity index is 2900. The maximum Gasteiger partial charge on any atom is 0.143 e. The van der Waals surface area contributed by atoms with E-state index in [0.717, 1.165) is 99.9 Å². The van der Waals surface area contributed by atoms with E-state index in [9.17, 15) is 0 Å². The first kappa shape index (κ1) is 29.0. The molecular formula is C46H28N4O. The highest BCUT2D eigenvalue weighted by molar-refractivity contribution is 6.09. The van der Waals surface area contributed by atoms with Gasteiger partial charge >= 0.3 is 0 Å². The molecule has 0 atom stereocenters. The van der Waals surface area contributed by atoms with Crippen molar-refractivity contribution in [2.45, 2.75) is 0 Å². The number of aromatic nitrogens is 4. The minimum atomic E-state index is 0.855. The summed E-state index contributed by atoms with van der Waals surface area (Å²) < 4.78 is 6.36. The highest BCUT2D eigenvalue weighted by atomic mass is 16.3. The van der Waals surface area contributed by atoms with Gasteiger partial charge in [-0.25, -0.2) is 9.97 Å². The van der Waals surface area contributed by atoms with E-state index in [1.165, 1.54) is 0 Å². The van der Waals surface area contributed by atoms with Gasteiger partial charge in [0, 0.05) is 56.2 Å². The lowest BCUT2D eigenvalue weighted by Crippen LogP contribution is -1.91. The van der Waals surface area contributed by atoms with Crippen LogP contribution in [0.3, 0.4) is 0 Å². The molecule has 10 aromatic rings. The first-order valence-electron chi connectivity index (χ1n) is 17.0. The van der Waals surface area contributed by atoms with E-state index in [-0.39, 0.29) is 0 Å². The fourth-order valence-corrected chi connectivity index (χ4v) is 6.97. The van der Waals surface area contributed by atoms with Gasteiger partial charge in [0.25, 0.3) is 0 Å². The Morgan fingerprint density at radius 1 is 0.392 bits per heavy atom. The molecule has 0 aliphatic heterocycles. The molecule has 0 spiro atoms. The van der Waals surface area contributed by atoms with Crippen LogP contribution in [0.25, 0.3) is 99.9 Å². The molecule has 5 heteroatoms. The van der Waals surface area contributed by atoms with Crippen LogP contribution in [0.2, 0.25) is 0 Å². The first-order chi connectivity index (χ1) is 25.2. The molecule has 238 valence electrons. The Kier molecular flexibility index (Phi) is 6.74. The summed E-state index contributed by atoms with van der Waals surface area (Å²) in [6, 6.07) is 54.2. The summed E-state index contributed by atoms with van der Waals surface area (Å²) in [5, 5.41) is 4.35. The van der Waals surface area contributed by atoms with Gasteiger partial charge in [-0.15, -0.1) is 0 Å². The van der Waals surface area contributed by atoms with Crippen molar-refractivity contribution >= 4 is 43.7 Å². The van der Waals surface area contributed by atoms with E-state index in [2.05, 4.69) is 131 Å². The van der Waals surface area contributed by atoms with Crippen LogP contribution in [0.4, 0.5) is 0 Å². The van der Waals surface area contributed by atoms with Gasteiger partial charge < -0.3 is 4.42 Å². The lowest BCUT2D eigenvalue weighted by Gasteiger charge is -2.10. The third-order valence-corrected chi connectivity index (χ3v) is 9.60. The number of hydrogen-bond acceptors (Lipinski definition) is 5. The molecule has 0 fully saturated rings. The van der Waals surface area contributed by atoms with Crippen LogP contribution in [-0.4, -0.2) is 19.9 Å². The van der Waals surface area contributed by atoms with Gasteiger partial charge in [-0.05, 0) is 53.6 Å². The van der Waals surface area contributed by atoms with Crippen molar-refractivity contribution in [3.8, 4) is 56.2 Å². The molecule has 0 bridgehead atoms. The Hall–Kier alpha value is -6.98. The first-order valence-corrected chi connectivity index (χ1v) is 17.0. The van der Waals surface area contributed by atoms with E-state index in [0.29, 0.717) is 0 Å². The summed E-state index contributed by atoms with van der Waals surface area (Å²) in [5.41, 5.74) is 13.4. The van der Waals surface area contributed by atoms with Crippen LogP contribution in [0, 0.1) is 0 Å². The average Bonchev–Trinajstić information content (AvgIpc) is 3.60. The second-order valence-electron chi connectivity index (χ2n) is 12.7. The second-order valence-corrected chi connectivity index (χ2v) is 12.7. The standard InChI is InChI=1S/C46H28N4O/c1-2-13-43-37(9-1)38-11-6-10-36(46(38)51-43)33-7-5-8-34(27-33)40-24-21-32-19-18-31-20-23-39(49-44(31)45(32)50-40)30-16-14-29(15-17-30)35-22-25-42(48-28-35)41-12-3-4-26-47-41/h1-28H. The van der Waals surface area contributed by atoms with Gasteiger partial charge in [0.05, 0.1) is 33.8 Å². The molecule has 0 unspecified atom stereocenters. The highest BCUT2D eigenvalue weighted by Gasteiger charge is 2.14. The lowest BCUT2D eigenvalue weighted by atomic mass is 9.99. The molecule has 5 nitrogen and oxygen atoms in total. The van der Waals surface area contributed by atoms with Crippen LogP contribution >= 0.6 is 0 Å². The van der Waals surface area contributed by atoms with Crippen molar-refractivity contribution in [2.75, 3.05) is 0 Å². The van der Waals surface area contributed by atoms with Gasteiger partial charge in [-0.1, -0.05) is 115 Å². The monoisotopic (exact) mass is 652 g/mol. The molecule has 0 aliphatic carbocycles. The van der Waals surface area contributed by atoms with E-state index in [1.807, 2.05) is 42.6 Å². The number of rotatable bonds is 5. The third-order valence-electron chi connectivity index (χ3n) is 9.60. The Morgan fingerprint density at radius 2 is 1.02 bits per heavy atom. The molecule has 51 heavy (non-hydrogen) atoms. The summed E-state index contributed by atoms with van der Waals surface area (Å²) in [4.78, 5) is 19.5. The zero-order valence-corrected chi connectivity index (χ0v) is 27.4. The van der Waals surface area contributed by atoms with E-state index < -0.39 is 0 Å². The number of pyridine rings is 4. The summed E-state index contributed by atoms with van der Waals surface area (Å²) in [7, 11) is 0. The quantitative estimate of drug-likeness (QED) is 0.173. The SMILES string of the molecule is c1ccc(-c2ccc(-c3ccc(-c4ccc5ccc6ccc(-c7cccc(-c8cccc9c8oc8ccccc89)c7)nc6c5n4)cc3)cn2)nc1. The fraction of sp³-hybridized carbons (Fsp3) is 0. The molecule has 0 radical (unpaired) electrons. The van der Waals surface area contributed by atoms with Crippen molar-refractivity contribution in [3.05, 3.63) is 170 Å². The largest absolute Gasteiger partial charge is 0.455 e. The van der Waals surface area contributed by atoms with E-state index >= 15 is 0 Å². The molecule has 0 amide bonds. The number of nitrogens with zero attached hydrogens (tertiary/aromatic N) is 4. The molecule has 0 saturated heterocycles. The molecular weight excluding hydrogens is 625 g/mol. The van der Waals surface area contributed by atoms with Crippen molar-refractivity contribution in [2.24, 2.45) is 0 Å². The van der Waals surface area contributed by atoms with E-state index in [1.54, 1.807) is 6.20 Å².